The minimum Gasteiger partial charge on any atom is -0.481 e. The molecule has 1 aliphatic carbocycles. The molecule has 0 bridgehead atoms. The van der Waals surface area contributed by atoms with Crippen molar-refractivity contribution in [3.8, 4) is 11.1 Å². The fourth-order valence-electron chi connectivity index (χ4n) is 5.94. The molecule has 0 atom stereocenters. The SMILES string of the molecule is CC(C)(C)OC(=O)N(CCNCCN(C(=O)CCC(=O)O)C(=O)OC(C)(C)C)CCN(CCNC(=O)OCC1c2ccccc2-c2ccccc21)C(=O)OC(C)(C)C. The van der Waals surface area contributed by atoms with Gasteiger partial charge in [-0.2, -0.15) is 0 Å². The van der Waals surface area contributed by atoms with Crippen LogP contribution in [-0.4, -0.2) is 132 Å². The molecule has 2 aromatic carbocycles. The van der Waals surface area contributed by atoms with Gasteiger partial charge in [0.15, 0.2) is 0 Å². The van der Waals surface area contributed by atoms with Crippen LogP contribution in [0, 0.1) is 0 Å². The van der Waals surface area contributed by atoms with Gasteiger partial charge in [-0.25, -0.2) is 24.1 Å². The monoisotopic (exact) mass is 811 g/mol. The van der Waals surface area contributed by atoms with E-state index in [2.05, 4.69) is 22.8 Å². The Labute approximate surface area is 341 Å². The summed E-state index contributed by atoms with van der Waals surface area (Å²) in [5.74, 6) is -1.97. The Kier molecular flexibility index (Phi) is 16.9. The lowest BCUT2D eigenvalue weighted by Crippen LogP contribution is -2.48. The van der Waals surface area contributed by atoms with Crippen molar-refractivity contribution in [1.82, 2.24) is 25.3 Å². The molecule has 0 spiro atoms. The average molecular weight is 812 g/mol. The number of carbonyl (C=O) groups excluding carboxylic acids is 5. The molecular weight excluding hydrogens is 750 g/mol. The van der Waals surface area contributed by atoms with Crippen molar-refractivity contribution in [3.63, 3.8) is 0 Å². The van der Waals surface area contributed by atoms with Gasteiger partial charge in [-0.1, -0.05) is 48.5 Å². The van der Waals surface area contributed by atoms with Crippen molar-refractivity contribution < 1.29 is 52.8 Å². The molecular formula is C42H61N5O11. The fraction of sp³-hybridized carbons (Fsp3) is 0.571. The molecule has 3 N–H and O–H groups in total. The van der Waals surface area contributed by atoms with E-state index < -0.39 is 59.5 Å². The smallest absolute Gasteiger partial charge is 0.417 e. The molecule has 0 aromatic heterocycles. The Balaban J connectivity index is 1.61. The number of carbonyl (C=O) groups is 6. The Morgan fingerprint density at radius 3 is 1.53 bits per heavy atom. The predicted molar refractivity (Wildman–Crippen MR) is 216 cm³/mol. The van der Waals surface area contributed by atoms with Gasteiger partial charge in [0.25, 0.3) is 0 Å². The highest BCUT2D eigenvalue weighted by atomic mass is 16.6. The van der Waals surface area contributed by atoms with E-state index in [0.29, 0.717) is 0 Å². The Morgan fingerprint density at radius 2 is 1.05 bits per heavy atom. The van der Waals surface area contributed by atoms with Gasteiger partial charge in [0.1, 0.15) is 23.4 Å². The zero-order valence-electron chi connectivity index (χ0n) is 35.3. The van der Waals surface area contributed by atoms with Gasteiger partial charge < -0.3 is 44.5 Å². The number of nitrogens with one attached hydrogen (secondary N) is 2. The van der Waals surface area contributed by atoms with Crippen molar-refractivity contribution in [2.75, 3.05) is 59.0 Å². The van der Waals surface area contributed by atoms with Crippen molar-refractivity contribution in [3.05, 3.63) is 59.7 Å². The van der Waals surface area contributed by atoms with E-state index in [4.69, 9.17) is 24.1 Å². The van der Waals surface area contributed by atoms with Crippen LogP contribution in [0.1, 0.15) is 92.2 Å². The molecule has 1 aliphatic rings. The summed E-state index contributed by atoms with van der Waals surface area (Å²) < 4.78 is 22.3. The largest absolute Gasteiger partial charge is 0.481 e. The number of rotatable bonds is 17. The minimum atomic E-state index is -1.17. The summed E-state index contributed by atoms with van der Waals surface area (Å²) in [5, 5.41) is 14.8. The average Bonchev–Trinajstić information content (AvgIpc) is 3.42. The first-order valence-electron chi connectivity index (χ1n) is 19.5. The van der Waals surface area contributed by atoms with Crippen LogP contribution < -0.4 is 10.6 Å². The highest BCUT2D eigenvalue weighted by molar-refractivity contribution is 5.93. The maximum absolute atomic E-state index is 13.3. The van der Waals surface area contributed by atoms with E-state index >= 15 is 0 Å². The summed E-state index contributed by atoms with van der Waals surface area (Å²) in [5.41, 5.74) is 1.89. The maximum atomic E-state index is 13.3. The van der Waals surface area contributed by atoms with Gasteiger partial charge in [-0.15, -0.1) is 0 Å². The van der Waals surface area contributed by atoms with Crippen LogP contribution in [0.2, 0.25) is 0 Å². The van der Waals surface area contributed by atoms with E-state index in [9.17, 15) is 28.8 Å². The second-order valence-electron chi connectivity index (χ2n) is 16.9. The van der Waals surface area contributed by atoms with Gasteiger partial charge in [0, 0.05) is 64.7 Å². The second-order valence-corrected chi connectivity index (χ2v) is 16.9. The number of aliphatic carboxylic acids is 1. The lowest BCUT2D eigenvalue weighted by Gasteiger charge is -2.31. The Morgan fingerprint density at radius 1 is 0.603 bits per heavy atom. The molecule has 0 saturated carbocycles. The number of nitrogens with zero attached hydrogens (tertiary/aromatic N) is 3. The molecule has 0 radical (unpaired) electrons. The lowest BCUT2D eigenvalue weighted by molar-refractivity contribution is -0.140. The van der Waals surface area contributed by atoms with E-state index in [1.165, 1.54) is 9.80 Å². The number of carboxylic acid groups (broad SMARTS) is 1. The van der Waals surface area contributed by atoms with Crippen LogP contribution in [0.15, 0.2) is 48.5 Å². The van der Waals surface area contributed by atoms with Crippen molar-refractivity contribution in [1.29, 1.82) is 0 Å². The van der Waals surface area contributed by atoms with Crippen molar-refractivity contribution in [2.24, 2.45) is 0 Å². The van der Waals surface area contributed by atoms with E-state index in [-0.39, 0.29) is 71.3 Å². The number of benzene rings is 2. The summed E-state index contributed by atoms with van der Waals surface area (Å²) in [6, 6.07) is 16.1. The maximum Gasteiger partial charge on any atom is 0.417 e. The fourth-order valence-corrected chi connectivity index (χ4v) is 5.94. The standard InChI is InChI=1S/C42H61N5O11/c1-40(2,3)56-37(52)45(23-20-43-21-25-47(34(48)18-19-35(49)50)39(54)58-42(7,8)9)26-27-46(38(53)57-41(4,5)6)24-22-44-36(51)55-28-33-31-16-12-10-14-29(31)30-15-11-13-17-32(30)33/h10-17,33,43H,18-28H2,1-9H3,(H,44,51)(H,49,50). The number of carboxylic acids is 1. The highest BCUT2D eigenvalue weighted by Crippen LogP contribution is 2.44. The molecule has 5 amide bonds. The molecule has 16 nitrogen and oxygen atoms in total. The molecule has 16 heteroatoms. The summed E-state index contributed by atoms with van der Waals surface area (Å²) >= 11 is 0. The quantitative estimate of drug-likeness (QED) is 0.121. The van der Waals surface area contributed by atoms with E-state index in [0.717, 1.165) is 27.2 Å². The van der Waals surface area contributed by atoms with Crippen molar-refractivity contribution in [2.45, 2.75) is 97.9 Å². The summed E-state index contributed by atoms with van der Waals surface area (Å²) in [7, 11) is 0. The van der Waals surface area contributed by atoms with Crippen LogP contribution in [0.25, 0.3) is 11.1 Å². The molecule has 320 valence electrons. The summed E-state index contributed by atoms with van der Waals surface area (Å²) in [6.45, 7) is 16.0. The third kappa shape index (κ3) is 15.9. The number of alkyl carbamates (subject to hydrolysis) is 1. The first-order valence-corrected chi connectivity index (χ1v) is 19.5. The summed E-state index contributed by atoms with van der Waals surface area (Å²) in [6.07, 6.45) is -3.62. The highest BCUT2D eigenvalue weighted by Gasteiger charge is 2.31. The zero-order chi connectivity index (χ0) is 43.3. The van der Waals surface area contributed by atoms with Crippen LogP contribution in [0.4, 0.5) is 19.2 Å². The van der Waals surface area contributed by atoms with Crippen LogP contribution >= 0.6 is 0 Å². The minimum absolute atomic E-state index is 0.0328. The molecule has 3 rings (SSSR count). The van der Waals surface area contributed by atoms with Gasteiger partial charge in [-0.3, -0.25) is 9.59 Å². The Hall–Kier alpha value is -5.38. The first-order chi connectivity index (χ1) is 27.0. The van der Waals surface area contributed by atoms with E-state index in [1.807, 2.05) is 36.4 Å². The Bertz CT molecular complexity index is 1700. The van der Waals surface area contributed by atoms with Gasteiger partial charge in [0.2, 0.25) is 5.91 Å². The normalized spacial score (nSPS) is 12.4. The molecule has 0 fully saturated rings. The lowest BCUT2D eigenvalue weighted by atomic mass is 9.98. The number of hydrogen-bond acceptors (Lipinski definition) is 11. The molecule has 2 aromatic rings. The van der Waals surface area contributed by atoms with Gasteiger partial charge >= 0.3 is 30.3 Å². The predicted octanol–water partition coefficient (Wildman–Crippen LogP) is 6.22. The van der Waals surface area contributed by atoms with Crippen molar-refractivity contribution >= 4 is 36.2 Å². The second kappa shape index (κ2) is 20.9. The third-order valence-electron chi connectivity index (χ3n) is 8.48. The molecule has 0 heterocycles. The topological polar surface area (TPSA) is 193 Å². The number of amides is 5. The van der Waals surface area contributed by atoms with Gasteiger partial charge in [-0.05, 0) is 84.6 Å². The molecule has 0 saturated heterocycles. The summed E-state index contributed by atoms with van der Waals surface area (Å²) in [4.78, 5) is 79.8. The number of imide groups is 1. The van der Waals surface area contributed by atoms with Gasteiger partial charge in [0.05, 0.1) is 6.42 Å². The number of fused-ring (bicyclic) bond motifs is 3. The number of ether oxygens (including phenoxy) is 4. The molecule has 58 heavy (non-hydrogen) atoms. The molecule has 0 aliphatic heterocycles. The first kappa shape index (κ1) is 47.0. The third-order valence-corrected chi connectivity index (χ3v) is 8.48. The van der Waals surface area contributed by atoms with Crippen LogP contribution in [0.5, 0.6) is 0 Å². The van der Waals surface area contributed by atoms with E-state index in [1.54, 1.807) is 62.3 Å². The van der Waals surface area contributed by atoms with Crippen LogP contribution in [0.3, 0.4) is 0 Å². The zero-order valence-corrected chi connectivity index (χ0v) is 35.3. The number of hydrogen-bond donors (Lipinski definition) is 3. The van der Waals surface area contributed by atoms with Crippen LogP contribution in [-0.2, 0) is 28.5 Å². The molecule has 0 unspecified atom stereocenters.